The van der Waals surface area contributed by atoms with Crippen LogP contribution in [0.4, 0.5) is 5.69 Å². The third-order valence-corrected chi connectivity index (χ3v) is 2.23. The van der Waals surface area contributed by atoms with Gasteiger partial charge in [-0.15, -0.1) is 0 Å². The third kappa shape index (κ3) is 2.74. The number of halogens is 1. The Kier molecular flexibility index (Phi) is 3.32. The molecule has 0 heterocycles. The van der Waals surface area contributed by atoms with Gasteiger partial charge in [0, 0.05) is 15.9 Å². The molecule has 1 aromatic carbocycles. The van der Waals surface area contributed by atoms with Crippen molar-refractivity contribution in [3.63, 3.8) is 0 Å². The van der Waals surface area contributed by atoms with Crippen LogP contribution in [0.15, 0.2) is 47.6 Å². The number of rotatable bonds is 3. The Morgan fingerprint density at radius 3 is 2.85 bits per heavy atom. The molecule has 0 aliphatic rings. The minimum absolute atomic E-state index is 0.807. The number of hydrogen-bond acceptors (Lipinski definition) is 1. The second kappa shape index (κ2) is 4.28. The van der Waals surface area contributed by atoms with Gasteiger partial charge in [-0.25, -0.2) is 0 Å². The monoisotopic (exact) mass is 237 g/mol. The van der Waals surface area contributed by atoms with Gasteiger partial charge in [0.1, 0.15) is 0 Å². The first-order valence-electron chi connectivity index (χ1n) is 3.98. The van der Waals surface area contributed by atoms with E-state index < -0.39 is 0 Å². The zero-order valence-corrected chi connectivity index (χ0v) is 9.19. The molecule has 1 N–H and O–H groups in total. The highest BCUT2D eigenvalue weighted by Crippen LogP contribution is 2.21. The largest absolute Gasteiger partial charge is 0.356 e. The fourth-order valence-electron chi connectivity index (χ4n) is 0.953. The van der Waals surface area contributed by atoms with Crippen molar-refractivity contribution in [1.29, 1.82) is 0 Å². The van der Waals surface area contributed by atoms with Gasteiger partial charge in [0.25, 0.3) is 0 Å². The van der Waals surface area contributed by atoms with Crippen LogP contribution < -0.4 is 5.32 Å². The van der Waals surface area contributed by atoms with Gasteiger partial charge >= 0.3 is 0 Å². The summed E-state index contributed by atoms with van der Waals surface area (Å²) in [4.78, 5) is 0. The smallest absolute Gasteiger partial charge is 0.0425 e. The number of anilines is 1. The van der Waals surface area contributed by atoms with Gasteiger partial charge < -0.3 is 5.32 Å². The maximum atomic E-state index is 3.79. The minimum Gasteiger partial charge on any atom is -0.356 e. The molecule has 0 aliphatic carbocycles. The SMILES string of the molecule is C=CC(=C)Nc1cc(Br)ccc1C. The first kappa shape index (κ1) is 10.1. The molecule has 1 rings (SSSR count). The zero-order chi connectivity index (χ0) is 9.84. The summed E-state index contributed by atoms with van der Waals surface area (Å²) in [5, 5.41) is 3.16. The average molecular weight is 238 g/mol. The first-order chi connectivity index (χ1) is 6.13. The lowest BCUT2D eigenvalue weighted by Crippen LogP contribution is -1.96. The zero-order valence-electron chi connectivity index (χ0n) is 7.60. The highest BCUT2D eigenvalue weighted by atomic mass is 79.9. The molecule has 0 saturated heterocycles. The lowest BCUT2D eigenvalue weighted by molar-refractivity contribution is 1.39. The van der Waals surface area contributed by atoms with Gasteiger partial charge in [-0.05, 0) is 30.7 Å². The second-order valence-electron chi connectivity index (χ2n) is 2.81. The molecule has 0 fully saturated rings. The summed E-state index contributed by atoms with van der Waals surface area (Å²) in [5.41, 5.74) is 3.05. The highest BCUT2D eigenvalue weighted by molar-refractivity contribution is 9.10. The fourth-order valence-corrected chi connectivity index (χ4v) is 1.31. The molecular weight excluding hydrogens is 226 g/mol. The first-order valence-corrected chi connectivity index (χ1v) is 4.77. The summed E-state index contributed by atoms with van der Waals surface area (Å²) in [7, 11) is 0. The summed E-state index contributed by atoms with van der Waals surface area (Å²) in [5.74, 6) is 0. The quantitative estimate of drug-likeness (QED) is 0.788. The lowest BCUT2D eigenvalue weighted by atomic mass is 10.2. The number of allylic oxidation sites excluding steroid dienone is 1. The van der Waals surface area contributed by atoms with E-state index in [0.29, 0.717) is 0 Å². The van der Waals surface area contributed by atoms with E-state index in [9.17, 15) is 0 Å². The van der Waals surface area contributed by atoms with E-state index in [4.69, 9.17) is 0 Å². The van der Waals surface area contributed by atoms with Gasteiger partial charge in [0.15, 0.2) is 0 Å². The molecule has 1 nitrogen and oxygen atoms in total. The van der Waals surface area contributed by atoms with Crippen molar-refractivity contribution in [2.24, 2.45) is 0 Å². The summed E-state index contributed by atoms with van der Waals surface area (Å²) in [6.45, 7) is 9.48. The molecule has 2 heteroatoms. The van der Waals surface area contributed by atoms with E-state index >= 15 is 0 Å². The normalized spacial score (nSPS) is 9.38. The molecule has 0 amide bonds. The van der Waals surface area contributed by atoms with E-state index in [2.05, 4.69) is 34.4 Å². The molecule has 1 aromatic rings. The van der Waals surface area contributed by atoms with E-state index in [1.54, 1.807) is 6.08 Å². The highest BCUT2D eigenvalue weighted by Gasteiger charge is 1.98. The van der Waals surface area contributed by atoms with Crippen molar-refractivity contribution in [1.82, 2.24) is 0 Å². The number of aryl methyl sites for hydroxylation is 1. The Balaban J connectivity index is 2.93. The number of nitrogens with one attached hydrogen (secondary N) is 1. The van der Waals surface area contributed by atoms with Crippen LogP contribution in [0.2, 0.25) is 0 Å². The Bertz CT molecular complexity index is 342. The molecule has 13 heavy (non-hydrogen) atoms. The molecule has 0 atom stereocenters. The summed E-state index contributed by atoms with van der Waals surface area (Å²) >= 11 is 3.41. The van der Waals surface area contributed by atoms with E-state index in [-0.39, 0.29) is 0 Å². The average Bonchev–Trinajstić information content (AvgIpc) is 2.11. The second-order valence-corrected chi connectivity index (χ2v) is 3.73. The molecule has 0 radical (unpaired) electrons. The van der Waals surface area contributed by atoms with Gasteiger partial charge in [0.05, 0.1) is 0 Å². The molecule has 0 aliphatic heterocycles. The van der Waals surface area contributed by atoms with Gasteiger partial charge in [0.2, 0.25) is 0 Å². The van der Waals surface area contributed by atoms with E-state index in [1.807, 2.05) is 25.1 Å². The Labute approximate surface area is 87.3 Å². The summed E-state index contributed by atoms with van der Waals surface area (Å²) < 4.78 is 1.05. The van der Waals surface area contributed by atoms with Crippen LogP contribution in [0.5, 0.6) is 0 Å². The predicted octanol–water partition coefficient (Wildman–Crippen LogP) is 3.87. The predicted molar refractivity (Wildman–Crippen MR) is 61.8 cm³/mol. The topological polar surface area (TPSA) is 12.0 Å². The summed E-state index contributed by atoms with van der Waals surface area (Å²) in [6, 6.07) is 6.07. The van der Waals surface area contributed by atoms with Crippen molar-refractivity contribution in [2.75, 3.05) is 5.32 Å². The van der Waals surface area contributed by atoms with Crippen LogP contribution in [0.3, 0.4) is 0 Å². The Hall–Kier alpha value is -1.02. The fraction of sp³-hybridized carbons (Fsp3) is 0.0909. The third-order valence-electron chi connectivity index (χ3n) is 1.74. The van der Waals surface area contributed by atoms with Crippen LogP contribution in [0.25, 0.3) is 0 Å². The van der Waals surface area contributed by atoms with E-state index in [0.717, 1.165) is 15.9 Å². The van der Waals surface area contributed by atoms with Crippen molar-refractivity contribution in [3.8, 4) is 0 Å². The molecule has 0 unspecified atom stereocenters. The van der Waals surface area contributed by atoms with Crippen molar-refractivity contribution < 1.29 is 0 Å². The van der Waals surface area contributed by atoms with Gasteiger partial charge in [-0.2, -0.15) is 0 Å². The van der Waals surface area contributed by atoms with E-state index in [1.165, 1.54) is 5.56 Å². The maximum absolute atomic E-state index is 3.79. The van der Waals surface area contributed by atoms with Crippen LogP contribution in [0, 0.1) is 6.92 Å². The Morgan fingerprint density at radius 1 is 1.54 bits per heavy atom. The molecule has 0 bridgehead atoms. The number of hydrogen-bond donors (Lipinski definition) is 1. The van der Waals surface area contributed by atoms with Crippen LogP contribution in [0.1, 0.15) is 5.56 Å². The van der Waals surface area contributed by atoms with Gasteiger partial charge in [-0.1, -0.05) is 35.2 Å². The minimum atomic E-state index is 0.807. The van der Waals surface area contributed by atoms with Crippen LogP contribution in [-0.2, 0) is 0 Å². The van der Waals surface area contributed by atoms with Crippen molar-refractivity contribution in [3.05, 3.63) is 53.2 Å². The van der Waals surface area contributed by atoms with Gasteiger partial charge in [-0.3, -0.25) is 0 Å². The summed E-state index contributed by atoms with van der Waals surface area (Å²) in [6.07, 6.45) is 1.69. The standard InChI is InChI=1S/C11H12BrN/c1-4-9(3)13-11-7-10(12)6-5-8(11)2/h4-7,13H,1,3H2,2H3. The number of benzene rings is 1. The van der Waals surface area contributed by atoms with Crippen LogP contribution in [-0.4, -0.2) is 0 Å². The molecule has 68 valence electrons. The Morgan fingerprint density at radius 2 is 2.23 bits per heavy atom. The molecule has 0 spiro atoms. The van der Waals surface area contributed by atoms with Crippen molar-refractivity contribution >= 4 is 21.6 Å². The molecule has 0 aromatic heterocycles. The van der Waals surface area contributed by atoms with Crippen molar-refractivity contribution in [2.45, 2.75) is 6.92 Å². The maximum Gasteiger partial charge on any atom is 0.0425 e. The van der Waals surface area contributed by atoms with Crippen LogP contribution >= 0.6 is 15.9 Å². The lowest BCUT2D eigenvalue weighted by Gasteiger charge is -2.09. The molecular formula is C11H12BrN. The molecule has 0 saturated carbocycles.